The zero-order chi connectivity index (χ0) is 11.3. The molecule has 16 heavy (non-hydrogen) atoms. The maximum absolute atomic E-state index is 12.0. The van der Waals surface area contributed by atoms with Gasteiger partial charge in [-0.2, -0.15) is 0 Å². The topological polar surface area (TPSA) is 17.1 Å². The second-order valence-corrected chi connectivity index (χ2v) is 5.61. The van der Waals surface area contributed by atoms with E-state index in [0.717, 1.165) is 12.3 Å². The number of ketones is 1. The maximum Gasteiger partial charge on any atom is 0.143 e. The van der Waals surface area contributed by atoms with Gasteiger partial charge in [0.2, 0.25) is 0 Å². The van der Waals surface area contributed by atoms with Crippen molar-refractivity contribution < 1.29 is 4.79 Å². The number of hydrogen-bond acceptors (Lipinski definition) is 1. The molecule has 1 aromatic carbocycles. The van der Waals surface area contributed by atoms with Crippen LogP contribution in [0.2, 0.25) is 0 Å². The standard InChI is InChI=1S/C15H18O/c1-9(2)10-3-5-11(6-4-10)13-7-12-8-14(12)15(13)16/h3-6,9,12-14H,7-8H2,1-2H3. The molecule has 1 aromatic rings. The van der Waals surface area contributed by atoms with Gasteiger partial charge in [0.1, 0.15) is 5.78 Å². The molecule has 0 spiro atoms. The summed E-state index contributed by atoms with van der Waals surface area (Å²) in [6, 6.07) is 8.67. The van der Waals surface area contributed by atoms with Gasteiger partial charge in [0.25, 0.3) is 0 Å². The van der Waals surface area contributed by atoms with Gasteiger partial charge in [0, 0.05) is 11.8 Å². The first kappa shape index (κ1) is 10.1. The van der Waals surface area contributed by atoms with E-state index in [9.17, 15) is 4.79 Å². The Morgan fingerprint density at radius 2 is 1.81 bits per heavy atom. The number of benzene rings is 1. The molecule has 0 bridgehead atoms. The van der Waals surface area contributed by atoms with Crippen LogP contribution in [-0.4, -0.2) is 5.78 Å². The molecule has 84 valence electrons. The molecule has 0 N–H and O–H groups in total. The molecule has 3 atom stereocenters. The smallest absolute Gasteiger partial charge is 0.143 e. The van der Waals surface area contributed by atoms with Crippen molar-refractivity contribution in [3.05, 3.63) is 35.4 Å². The number of fused-ring (bicyclic) bond motifs is 1. The van der Waals surface area contributed by atoms with E-state index in [1.165, 1.54) is 17.5 Å². The van der Waals surface area contributed by atoms with Crippen LogP contribution in [0.25, 0.3) is 0 Å². The van der Waals surface area contributed by atoms with Crippen LogP contribution < -0.4 is 0 Å². The van der Waals surface area contributed by atoms with Crippen molar-refractivity contribution in [2.24, 2.45) is 11.8 Å². The second kappa shape index (κ2) is 3.44. The number of Topliss-reactive ketones (excluding diaryl/α,β-unsaturated/α-hetero) is 1. The third-order valence-corrected chi connectivity index (χ3v) is 4.18. The van der Waals surface area contributed by atoms with Crippen molar-refractivity contribution >= 4 is 5.78 Å². The quantitative estimate of drug-likeness (QED) is 0.736. The first-order valence-corrected chi connectivity index (χ1v) is 6.30. The minimum absolute atomic E-state index is 0.213. The lowest BCUT2D eigenvalue weighted by Gasteiger charge is -2.12. The van der Waals surface area contributed by atoms with E-state index < -0.39 is 0 Å². The molecule has 0 aliphatic heterocycles. The molecular formula is C15H18O. The molecular weight excluding hydrogens is 196 g/mol. The predicted molar refractivity (Wildman–Crippen MR) is 64.5 cm³/mol. The summed E-state index contributed by atoms with van der Waals surface area (Å²) in [6.45, 7) is 4.40. The molecule has 0 saturated heterocycles. The third-order valence-electron chi connectivity index (χ3n) is 4.18. The van der Waals surface area contributed by atoms with Crippen LogP contribution in [-0.2, 0) is 4.79 Å². The Hall–Kier alpha value is -1.11. The summed E-state index contributed by atoms with van der Waals surface area (Å²) in [4.78, 5) is 12.0. The number of carbonyl (C=O) groups is 1. The van der Waals surface area contributed by atoms with E-state index in [2.05, 4.69) is 38.1 Å². The molecule has 0 amide bonds. The van der Waals surface area contributed by atoms with E-state index in [0.29, 0.717) is 17.6 Å². The lowest BCUT2D eigenvalue weighted by atomic mass is 9.91. The molecule has 3 rings (SSSR count). The van der Waals surface area contributed by atoms with Gasteiger partial charge in [-0.15, -0.1) is 0 Å². The predicted octanol–water partition coefficient (Wildman–Crippen LogP) is 3.50. The van der Waals surface area contributed by atoms with Crippen molar-refractivity contribution in [2.75, 3.05) is 0 Å². The van der Waals surface area contributed by atoms with Gasteiger partial charge in [-0.05, 0) is 35.8 Å². The van der Waals surface area contributed by atoms with E-state index >= 15 is 0 Å². The van der Waals surface area contributed by atoms with Crippen molar-refractivity contribution in [1.29, 1.82) is 0 Å². The molecule has 0 aromatic heterocycles. The number of carbonyl (C=O) groups excluding carboxylic acids is 1. The van der Waals surface area contributed by atoms with Crippen LogP contribution in [0.5, 0.6) is 0 Å². The van der Waals surface area contributed by atoms with E-state index in [1.54, 1.807) is 0 Å². The molecule has 2 saturated carbocycles. The maximum atomic E-state index is 12.0. The SMILES string of the molecule is CC(C)c1ccc(C2CC3CC3C2=O)cc1. The van der Waals surface area contributed by atoms with Crippen LogP contribution >= 0.6 is 0 Å². The summed E-state index contributed by atoms with van der Waals surface area (Å²) in [5.74, 6) is 2.44. The third kappa shape index (κ3) is 1.50. The average Bonchev–Trinajstić information content (AvgIpc) is 2.98. The van der Waals surface area contributed by atoms with Crippen LogP contribution in [0, 0.1) is 11.8 Å². The molecule has 0 radical (unpaired) electrons. The van der Waals surface area contributed by atoms with Crippen molar-refractivity contribution in [1.82, 2.24) is 0 Å². The summed E-state index contributed by atoms with van der Waals surface area (Å²) in [7, 11) is 0. The van der Waals surface area contributed by atoms with E-state index in [-0.39, 0.29) is 5.92 Å². The monoisotopic (exact) mass is 214 g/mol. The lowest BCUT2D eigenvalue weighted by molar-refractivity contribution is -0.120. The lowest BCUT2D eigenvalue weighted by Crippen LogP contribution is -2.09. The highest BCUT2D eigenvalue weighted by Crippen LogP contribution is 2.54. The highest BCUT2D eigenvalue weighted by Gasteiger charge is 2.53. The molecule has 1 nitrogen and oxygen atoms in total. The van der Waals surface area contributed by atoms with Gasteiger partial charge in [-0.3, -0.25) is 4.79 Å². The zero-order valence-electron chi connectivity index (χ0n) is 9.94. The summed E-state index contributed by atoms with van der Waals surface area (Å²) in [5, 5.41) is 0. The van der Waals surface area contributed by atoms with Gasteiger partial charge in [-0.25, -0.2) is 0 Å². The highest BCUT2D eigenvalue weighted by molar-refractivity contribution is 5.92. The van der Waals surface area contributed by atoms with E-state index in [4.69, 9.17) is 0 Å². The Morgan fingerprint density at radius 3 is 2.31 bits per heavy atom. The number of rotatable bonds is 2. The molecule has 2 fully saturated rings. The molecule has 0 heterocycles. The van der Waals surface area contributed by atoms with Gasteiger partial charge in [0.05, 0.1) is 0 Å². The largest absolute Gasteiger partial charge is 0.299 e. The van der Waals surface area contributed by atoms with Gasteiger partial charge in [0.15, 0.2) is 0 Å². The zero-order valence-corrected chi connectivity index (χ0v) is 9.94. The second-order valence-electron chi connectivity index (χ2n) is 5.61. The minimum Gasteiger partial charge on any atom is -0.299 e. The van der Waals surface area contributed by atoms with E-state index in [1.807, 2.05) is 0 Å². The van der Waals surface area contributed by atoms with Crippen molar-refractivity contribution in [3.8, 4) is 0 Å². The van der Waals surface area contributed by atoms with Crippen molar-refractivity contribution in [3.63, 3.8) is 0 Å². The summed E-state index contributed by atoms with van der Waals surface area (Å²) in [6.07, 6.45) is 2.27. The summed E-state index contributed by atoms with van der Waals surface area (Å²) < 4.78 is 0. The molecule has 2 aliphatic carbocycles. The molecule has 3 unspecified atom stereocenters. The molecule has 2 aliphatic rings. The van der Waals surface area contributed by atoms with Crippen LogP contribution in [0.1, 0.15) is 49.7 Å². The Bertz CT molecular complexity index is 416. The highest BCUT2D eigenvalue weighted by atomic mass is 16.1. The van der Waals surface area contributed by atoms with Gasteiger partial charge >= 0.3 is 0 Å². The summed E-state index contributed by atoms with van der Waals surface area (Å²) in [5.41, 5.74) is 2.60. The van der Waals surface area contributed by atoms with Crippen LogP contribution in [0.4, 0.5) is 0 Å². The fourth-order valence-corrected chi connectivity index (χ4v) is 2.95. The Balaban J connectivity index is 1.82. The molecule has 1 heteroatoms. The Morgan fingerprint density at radius 1 is 1.12 bits per heavy atom. The Kier molecular flexibility index (Phi) is 2.17. The minimum atomic E-state index is 0.213. The van der Waals surface area contributed by atoms with Crippen LogP contribution in [0.15, 0.2) is 24.3 Å². The first-order chi connectivity index (χ1) is 7.66. The van der Waals surface area contributed by atoms with Crippen LogP contribution in [0.3, 0.4) is 0 Å². The Labute approximate surface area is 96.9 Å². The average molecular weight is 214 g/mol. The fraction of sp³-hybridized carbons (Fsp3) is 0.533. The van der Waals surface area contributed by atoms with Gasteiger partial charge in [-0.1, -0.05) is 38.1 Å². The van der Waals surface area contributed by atoms with Crippen molar-refractivity contribution in [2.45, 2.75) is 38.5 Å². The normalized spacial score (nSPS) is 31.9. The van der Waals surface area contributed by atoms with Gasteiger partial charge < -0.3 is 0 Å². The summed E-state index contributed by atoms with van der Waals surface area (Å²) >= 11 is 0. The number of hydrogen-bond donors (Lipinski definition) is 0. The fourth-order valence-electron chi connectivity index (χ4n) is 2.95. The first-order valence-electron chi connectivity index (χ1n) is 6.30.